The number of tetrazole rings is 1. The molecule has 0 radical (unpaired) electrons. The molecule has 0 amide bonds. The zero-order chi connectivity index (χ0) is 38.0. The summed E-state index contributed by atoms with van der Waals surface area (Å²) >= 11 is 0. The van der Waals surface area contributed by atoms with Crippen LogP contribution in [0.15, 0.2) is 103 Å². The smallest absolute Gasteiger partial charge is 0.350 e. The molecule has 3 aromatic heterocycles. The van der Waals surface area contributed by atoms with E-state index in [-0.39, 0.29) is 5.69 Å². The van der Waals surface area contributed by atoms with Crippen molar-refractivity contribution >= 4 is 11.4 Å². The highest BCUT2D eigenvalue weighted by atomic mass is 19.3. The lowest BCUT2D eigenvalue weighted by Crippen LogP contribution is -2.48. The standard InChI is InChI=1S/C37H37F4N11O2/c1-47(2)15-20-52-35(53)51(25-44-52)31-11-9-30(10-12-31)49-18-16-48(17-19-49)29-7-3-26(4-8-29)27-5-14-34(42-22-27)37(40,41)36(54,23-50-24-43-45-46-50)32-13-6-28(38)21-33(32)39/h3-14,21-22,24-25,54H,15-20,23H2,1-2H3/t36-/m0/s1. The quantitative estimate of drug-likeness (QED) is 0.185. The molecule has 13 nitrogen and oxygen atoms in total. The molecule has 6 aromatic rings. The summed E-state index contributed by atoms with van der Waals surface area (Å²) in [5, 5.41) is 26.0. The molecule has 0 bridgehead atoms. The highest BCUT2D eigenvalue weighted by molar-refractivity contribution is 5.66. The Morgan fingerprint density at radius 1 is 0.815 bits per heavy atom. The Hall–Kier alpha value is -5.94. The normalized spacial score (nSPS) is 14.8. The number of likely N-dealkylation sites (N-methyl/N-ethyl adjacent to an activating group) is 1. The Kier molecular flexibility index (Phi) is 10.00. The number of piperazine rings is 1. The lowest BCUT2D eigenvalue weighted by Gasteiger charge is -2.37. The molecule has 0 aliphatic carbocycles. The zero-order valence-corrected chi connectivity index (χ0v) is 29.5. The van der Waals surface area contributed by atoms with E-state index in [1.165, 1.54) is 16.9 Å². The van der Waals surface area contributed by atoms with Crippen LogP contribution in [0.1, 0.15) is 11.3 Å². The van der Waals surface area contributed by atoms with E-state index in [1.807, 2.05) is 67.5 Å². The van der Waals surface area contributed by atoms with Crippen molar-refractivity contribution in [1.29, 1.82) is 0 Å². The molecule has 280 valence electrons. The Morgan fingerprint density at radius 2 is 1.44 bits per heavy atom. The molecule has 4 heterocycles. The van der Waals surface area contributed by atoms with Crippen molar-refractivity contribution in [2.75, 3.05) is 56.6 Å². The predicted octanol–water partition coefficient (Wildman–Crippen LogP) is 3.93. The highest BCUT2D eigenvalue weighted by Crippen LogP contribution is 2.47. The van der Waals surface area contributed by atoms with Crippen LogP contribution in [-0.2, 0) is 24.6 Å². The van der Waals surface area contributed by atoms with Crippen molar-refractivity contribution in [3.8, 4) is 16.8 Å². The van der Waals surface area contributed by atoms with Gasteiger partial charge in [0.1, 0.15) is 30.0 Å². The molecule has 7 rings (SSSR count). The Labute approximate surface area is 307 Å². The maximum atomic E-state index is 16.2. The first-order valence-electron chi connectivity index (χ1n) is 17.2. The number of anilines is 2. The van der Waals surface area contributed by atoms with E-state index in [9.17, 15) is 18.7 Å². The van der Waals surface area contributed by atoms with Gasteiger partial charge in [-0.05, 0) is 84.7 Å². The van der Waals surface area contributed by atoms with Crippen LogP contribution in [0.2, 0.25) is 0 Å². The number of hydrogen-bond acceptors (Lipinski definition) is 10. The van der Waals surface area contributed by atoms with Crippen molar-refractivity contribution in [2.24, 2.45) is 0 Å². The monoisotopic (exact) mass is 743 g/mol. The second-order valence-electron chi connectivity index (χ2n) is 13.3. The number of benzene rings is 3. The van der Waals surface area contributed by atoms with Gasteiger partial charge in [0.15, 0.2) is 5.60 Å². The van der Waals surface area contributed by atoms with Crippen molar-refractivity contribution in [3.63, 3.8) is 0 Å². The van der Waals surface area contributed by atoms with Gasteiger partial charge < -0.3 is 19.8 Å². The van der Waals surface area contributed by atoms with Crippen LogP contribution in [0, 0.1) is 11.6 Å². The van der Waals surface area contributed by atoms with Gasteiger partial charge in [0.05, 0.1) is 18.8 Å². The van der Waals surface area contributed by atoms with Gasteiger partial charge in [-0.15, -0.1) is 5.10 Å². The van der Waals surface area contributed by atoms with Gasteiger partial charge in [0.2, 0.25) is 0 Å². The zero-order valence-electron chi connectivity index (χ0n) is 29.5. The third-order valence-corrected chi connectivity index (χ3v) is 9.59. The maximum absolute atomic E-state index is 16.2. The number of aromatic nitrogens is 8. The average molecular weight is 744 g/mol. The minimum absolute atomic E-state index is 0.179. The summed E-state index contributed by atoms with van der Waals surface area (Å²) in [6, 6.07) is 20.0. The number of nitrogens with zero attached hydrogens (tertiary/aromatic N) is 11. The molecule has 1 aliphatic rings. The van der Waals surface area contributed by atoms with Gasteiger partial charge in [-0.3, -0.25) is 4.98 Å². The van der Waals surface area contributed by atoms with Gasteiger partial charge in [-0.25, -0.2) is 27.5 Å². The number of halogens is 4. The van der Waals surface area contributed by atoms with E-state index in [1.54, 1.807) is 10.9 Å². The van der Waals surface area contributed by atoms with Crippen LogP contribution in [0.4, 0.5) is 28.9 Å². The van der Waals surface area contributed by atoms with Gasteiger partial charge in [-0.2, -0.15) is 13.9 Å². The molecule has 17 heteroatoms. The van der Waals surface area contributed by atoms with Gasteiger partial charge in [-0.1, -0.05) is 18.2 Å². The fourth-order valence-corrected chi connectivity index (χ4v) is 6.50. The molecular weight excluding hydrogens is 706 g/mol. The minimum atomic E-state index is -4.15. The second kappa shape index (κ2) is 14.8. The van der Waals surface area contributed by atoms with E-state index < -0.39 is 41.0 Å². The molecule has 3 aromatic carbocycles. The summed E-state index contributed by atoms with van der Waals surface area (Å²) in [6.45, 7) is 3.40. The summed E-state index contributed by atoms with van der Waals surface area (Å²) in [6.07, 6.45) is 3.80. The minimum Gasteiger partial charge on any atom is -0.377 e. The van der Waals surface area contributed by atoms with Crippen LogP contribution >= 0.6 is 0 Å². The third-order valence-electron chi connectivity index (χ3n) is 9.59. The van der Waals surface area contributed by atoms with Crippen molar-refractivity contribution in [1.82, 2.24) is 44.4 Å². The first kappa shape index (κ1) is 36.4. The van der Waals surface area contributed by atoms with E-state index in [4.69, 9.17) is 0 Å². The van der Waals surface area contributed by atoms with E-state index in [0.29, 0.717) is 24.7 Å². The summed E-state index contributed by atoms with van der Waals surface area (Å²) in [5.74, 6) is -6.49. The second-order valence-corrected chi connectivity index (χ2v) is 13.3. The Morgan fingerprint density at radius 3 is 2.02 bits per heavy atom. The van der Waals surface area contributed by atoms with E-state index in [2.05, 4.69) is 35.4 Å². The van der Waals surface area contributed by atoms with E-state index >= 15 is 8.78 Å². The largest absolute Gasteiger partial charge is 0.377 e. The highest BCUT2D eigenvalue weighted by Gasteiger charge is 2.58. The first-order valence-corrected chi connectivity index (χ1v) is 17.2. The van der Waals surface area contributed by atoms with Crippen molar-refractivity contribution in [3.05, 3.63) is 131 Å². The number of alkyl halides is 2. The molecule has 0 spiro atoms. The lowest BCUT2D eigenvalue weighted by molar-refractivity contribution is -0.207. The molecule has 54 heavy (non-hydrogen) atoms. The van der Waals surface area contributed by atoms with Crippen LogP contribution in [0.5, 0.6) is 0 Å². The number of hydrogen-bond donors (Lipinski definition) is 1. The summed E-state index contributed by atoms with van der Waals surface area (Å²) in [5.41, 5.74) is -0.966. The number of rotatable bonds is 12. The SMILES string of the molecule is CN(C)CCn1ncn(-c2ccc(N3CCN(c4ccc(-c5ccc(C(F)(F)[C@](O)(Cn6cnnn6)c6ccc(F)cc6F)nc5)cc4)CC3)cc2)c1=O. The third kappa shape index (κ3) is 7.19. The maximum Gasteiger partial charge on any atom is 0.350 e. The molecule has 1 fully saturated rings. The summed E-state index contributed by atoms with van der Waals surface area (Å²) in [4.78, 5) is 23.3. The molecule has 1 aliphatic heterocycles. The number of pyridine rings is 1. The molecule has 1 saturated heterocycles. The van der Waals surface area contributed by atoms with Crippen LogP contribution in [0.3, 0.4) is 0 Å². The van der Waals surface area contributed by atoms with Crippen molar-refractivity contribution < 1.29 is 22.7 Å². The van der Waals surface area contributed by atoms with Crippen LogP contribution in [0.25, 0.3) is 16.8 Å². The van der Waals surface area contributed by atoms with Crippen LogP contribution in [-0.4, -0.2) is 96.4 Å². The summed E-state index contributed by atoms with van der Waals surface area (Å²) < 4.78 is 64.7. The first-order chi connectivity index (χ1) is 25.9. The molecule has 1 atom stereocenters. The Bertz CT molecular complexity index is 2240. The molecular formula is C37H37F4N11O2. The van der Waals surface area contributed by atoms with Crippen molar-refractivity contribution in [2.45, 2.75) is 24.6 Å². The fraction of sp³-hybridized carbons (Fsp3) is 0.297. The number of aliphatic hydroxyl groups is 1. The summed E-state index contributed by atoms with van der Waals surface area (Å²) in [7, 11) is 3.90. The Balaban J connectivity index is 0.999. The molecule has 0 unspecified atom stereocenters. The van der Waals surface area contributed by atoms with Gasteiger partial charge in [0.25, 0.3) is 0 Å². The molecule has 1 N–H and O–H groups in total. The van der Waals surface area contributed by atoms with E-state index in [0.717, 1.165) is 78.0 Å². The fourth-order valence-electron chi connectivity index (χ4n) is 6.50. The van der Waals surface area contributed by atoms with Gasteiger partial charge >= 0.3 is 11.6 Å². The van der Waals surface area contributed by atoms with Crippen LogP contribution < -0.4 is 15.5 Å². The average Bonchev–Trinajstić information content (AvgIpc) is 3.83. The lowest BCUT2D eigenvalue weighted by atomic mass is 9.84. The topological polar surface area (TPSA) is 126 Å². The predicted molar refractivity (Wildman–Crippen MR) is 192 cm³/mol. The molecule has 0 saturated carbocycles. The van der Waals surface area contributed by atoms with Gasteiger partial charge in [0, 0.05) is 67.5 Å².